The van der Waals surface area contributed by atoms with E-state index >= 15 is 0 Å². The highest BCUT2D eigenvalue weighted by atomic mass is 32.1. The van der Waals surface area contributed by atoms with Gasteiger partial charge in [0.2, 0.25) is 0 Å². The second-order valence-electron chi connectivity index (χ2n) is 6.12. The van der Waals surface area contributed by atoms with Crippen molar-refractivity contribution in [2.45, 2.75) is 37.6 Å². The van der Waals surface area contributed by atoms with Gasteiger partial charge in [-0.2, -0.15) is 12.6 Å². The summed E-state index contributed by atoms with van der Waals surface area (Å²) in [6.07, 6.45) is 8.82. The molecule has 2 saturated carbocycles. The predicted octanol–water partition coefficient (Wildman–Crippen LogP) is 3.07. The molecule has 0 N–H and O–H groups in total. The van der Waals surface area contributed by atoms with Gasteiger partial charge in [-0.25, -0.2) is 4.39 Å². The summed E-state index contributed by atoms with van der Waals surface area (Å²) < 4.78 is 13.1. The van der Waals surface area contributed by atoms with Crippen LogP contribution in [0.5, 0.6) is 0 Å². The fraction of sp³-hybridized carbons (Fsp3) is 0.500. The molecule has 1 aromatic rings. The molecule has 0 aromatic heterocycles. The molecular formula is C16H21BFNS. The van der Waals surface area contributed by atoms with Gasteiger partial charge in [0, 0.05) is 5.54 Å². The number of thiol groups is 1. The molecule has 1 nitrogen and oxygen atoms in total. The number of nitrogens with zero attached hydrogens (tertiary/aromatic N) is 1. The molecule has 0 amide bonds. The zero-order chi connectivity index (χ0) is 14.2. The van der Waals surface area contributed by atoms with Gasteiger partial charge in [-0.3, -0.25) is 0 Å². The molecule has 0 atom stereocenters. The number of rotatable bonds is 5. The average Bonchev–Trinajstić information content (AvgIpc) is 3.20. The minimum atomic E-state index is -0.173. The summed E-state index contributed by atoms with van der Waals surface area (Å²) in [5.74, 6) is -0.173. The molecule has 4 heteroatoms. The molecule has 0 bridgehead atoms. The van der Waals surface area contributed by atoms with E-state index < -0.39 is 0 Å². The molecule has 3 rings (SSSR count). The second kappa shape index (κ2) is 5.57. The predicted molar refractivity (Wildman–Crippen MR) is 87.3 cm³/mol. The Morgan fingerprint density at radius 2 is 1.95 bits per heavy atom. The van der Waals surface area contributed by atoms with Gasteiger partial charge >= 0.3 is 0 Å². The Balaban J connectivity index is 1.84. The Hall–Kier alpha value is -0.735. The number of allylic oxidation sites excluding steroid dienone is 1. The summed E-state index contributed by atoms with van der Waals surface area (Å²) >= 11 is 4.54. The third-order valence-electron chi connectivity index (χ3n) is 4.83. The number of benzene rings is 1. The van der Waals surface area contributed by atoms with Crippen LogP contribution < -0.4 is 5.46 Å². The van der Waals surface area contributed by atoms with Crippen molar-refractivity contribution in [1.29, 1.82) is 0 Å². The summed E-state index contributed by atoms with van der Waals surface area (Å²) in [6, 6.07) is 6.88. The van der Waals surface area contributed by atoms with Crippen molar-refractivity contribution < 1.29 is 4.39 Å². The summed E-state index contributed by atoms with van der Waals surface area (Å²) in [5.41, 5.74) is 3.73. The van der Waals surface area contributed by atoms with Crippen LogP contribution in [-0.4, -0.2) is 29.9 Å². The molecular weight excluding hydrogens is 268 g/mol. The van der Waals surface area contributed by atoms with Crippen molar-refractivity contribution in [3.63, 3.8) is 0 Å². The van der Waals surface area contributed by atoms with Crippen LogP contribution in [0.2, 0.25) is 0 Å². The molecule has 2 aliphatic carbocycles. The first-order valence-corrected chi connectivity index (χ1v) is 8.08. The molecule has 2 fully saturated rings. The molecule has 0 spiro atoms. The first-order chi connectivity index (χ1) is 9.64. The normalized spacial score (nSPS) is 19.7. The highest BCUT2D eigenvalue weighted by Gasteiger charge is 2.43. The largest absolute Gasteiger partial charge is 0.332 e. The van der Waals surface area contributed by atoms with E-state index in [0.717, 1.165) is 11.1 Å². The van der Waals surface area contributed by atoms with Gasteiger partial charge < -0.3 is 4.81 Å². The summed E-state index contributed by atoms with van der Waals surface area (Å²) in [4.78, 5) is 2.46. The van der Waals surface area contributed by atoms with Crippen LogP contribution in [-0.2, 0) is 0 Å². The van der Waals surface area contributed by atoms with E-state index in [1.54, 1.807) is 17.7 Å². The van der Waals surface area contributed by atoms with Crippen LogP contribution in [0, 0.1) is 5.82 Å². The summed E-state index contributed by atoms with van der Waals surface area (Å²) in [5, 5.41) is 0. The van der Waals surface area contributed by atoms with E-state index in [-0.39, 0.29) is 18.2 Å². The highest BCUT2D eigenvalue weighted by Crippen LogP contribution is 2.43. The molecule has 0 aliphatic heterocycles. The lowest BCUT2D eigenvalue weighted by Gasteiger charge is -2.49. The van der Waals surface area contributed by atoms with Crippen molar-refractivity contribution in [3.8, 4) is 0 Å². The van der Waals surface area contributed by atoms with Crippen LogP contribution in [0.15, 0.2) is 35.9 Å². The number of hydrogen-bond acceptors (Lipinski definition) is 2. The number of likely N-dealkylation sites (N-methyl/N-ethyl adjacent to an activating group) is 1. The van der Waals surface area contributed by atoms with Crippen LogP contribution >= 0.6 is 12.6 Å². The fourth-order valence-corrected chi connectivity index (χ4v) is 3.64. The van der Waals surface area contributed by atoms with Crippen LogP contribution in [0.1, 0.15) is 32.1 Å². The van der Waals surface area contributed by atoms with Crippen LogP contribution in [0.25, 0.3) is 0 Å². The zero-order valence-corrected chi connectivity index (χ0v) is 12.9. The molecule has 0 saturated heterocycles. The van der Waals surface area contributed by atoms with E-state index in [1.165, 1.54) is 32.1 Å². The summed E-state index contributed by atoms with van der Waals surface area (Å²) in [6.45, 7) is 0.245. The second-order valence-corrected chi connectivity index (χ2v) is 6.49. The fourth-order valence-electron chi connectivity index (χ4n) is 3.18. The lowest BCUT2D eigenvalue weighted by atomic mass is 9.52. The Morgan fingerprint density at radius 1 is 1.30 bits per heavy atom. The van der Waals surface area contributed by atoms with Crippen molar-refractivity contribution in [2.75, 3.05) is 12.7 Å². The van der Waals surface area contributed by atoms with Crippen LogP contribution in [0.3, 0.4) is 0 Å². The Morgan fingerprint density at radius 3 is 2.40 bits per heavy atom. The van der Waals surface area contributed by atoms with E-state index in [1.807, 2.05) is 12.1 Å². The van der Waals surface area contributed by atoms with Crippen LogP contribution in [0.4, 0.5) is 4.39 Å². The monoisotopic (exact) mass is 289 g/mol. The minimum absolute atomic E-state index is 0.173. The van der Waals surface area contributed by atoms with Gasteiger partial charge in [-0.1, -0.05) is 29.2 Å². The van der Waals surface area contributed by atoms with E-state index in [4.69, 9.17) is 0 Å². The molecule has 0 heterocycles. The van der Waals surface area contributed by atoms with Crippen molar-refractivity contribution >= 4 is 24.9 Å². The van der Waals surface area contributed by atoms with Gasteiger partial charge in [0.15, 0.2) is 0 Å². The molecule has 1 aromatic carbocycles. The maximum Gasteiger partial charge on any atom is 0.268 e. The summed E-state index contributed by atoms with van der Waals surface area (Å²) in [7, 11) is 2.20. The third-order valence-corrected chi connectivity index (χ3v) is 5.17. The number of halogens is 1. The molecule has 0 radical (unpaired) electrons. The van der Waals surface area contributed by atoms with Crippen molar-refractivity contribution in [3.05, 3.63) is 41.7 Å². The number of hydrogen-bond donors (Lipinski definition) is 1. The smallest absolute Gasteiger partial charge is 0.268 e. The van der Waals surface area contributed by atoms with E-state index in [9.17, 15) is 4.39 Å². The maximum absolute atomic E-state index is 13.1. The van der Waals surface area contributed by atoms with Gasteiger partial charge in [-0.05, 0) is 56.9 Å². The Bertz CT molecular complexity index is 504. The topological polar surface area (TPSA) is 3.24 Å². The van der Waals surface area contributed by atoms with Gasteiger partial charge in [0.25, 0.3) is 6.85 Å². The molecule has 106 valence electrons. The van der Waals surface area contributed by atoms with Gasteiger partial charge in [-0.15, -0.1) is 0 Å². The first-order valence-electron chi connectivity index (χ1n) is 7.44. The maximum atomic E-state index is 13.1. The minimum Gasteiger partial charge on any atom is -0.332 e. The quantitative estimate of drug-likeness (QED) is 0.495. The Kier molecular flexibility index (Phi) is 3.96. The van der Waals surface area contributed by atoms with Gasteiger partial charge in [0.1, 0.15) is 5.82 Å². The van der Waals surface area contributed by atoms with E-state index in [0.29, 0.717) is 0 Å². The molecule has 2 aliphatic rings. The highest BCUT2D eigenvalue weighted by molar-refractivity contribution is 7.82. The first kappa shape index (κ1) is 14.2. The molecule has 20 heavy (non-hydrogen) atoms. The Labute approximate surface area is 126 Å². The van der Waals surface area contributed by atoms with Gasteiger partial charge in [0.05, 0.1) is 0 Å². The van der Waals surface area contributed by atoms with Crippen molar-refractivity contribution in [2.24, 2.45) is 0 Å². The standard InChI is InChI=1S/C16H21BFNS/c1-19(16(9-2-10-16)11-13-3-4-13)17(12-20)14-5-7-15(18)8-6-14/h5-8,11,20H,2-4,9-10,12H2,1H3. The van der Waals surface area contributed by atoms with E-state index in [2.05, 4.69) is 30.6 Å². The third kappa shape index (κ3) is 2.68. The zero-order valence-electron chi connectivity index (χ0n) is 12.0. The average molecular weight is 289 g/mol. The lowest BCUT2D eigenvalue weighted by molar-refractivity contribution is 0.160. The molecule has 0 unspecified atom stereocenters. The SMILES string of the molecule is CN(B(CS)c1ccc(F)cc1)C1(C=C2CC2)CCC1. The lowest BCUT2D eigenvalue weighted by Crippen LogP contribution is -2.61. The van der Waals surface area contributed by atoms with Crippen molar-refractivity contribution in [1.82, 2.24) is 4.81 Å².